The average Bonchev–Trinajstić information content (AvgIpc) is 3.26. The number of pyridine rings is 2. The van der Waals surface area contributed by atoms with Gasteiger partial charge in [-0.15, -0.1) is 0 Å². The second-order valence-electron chi connectivity index (χ2n) is 9.62. The quantitative estimate of drug-likeness (QED) is 0.433. The van der Waals surface area contributed by atoms with Gasteiger partial charge in [0.15, 0.2) is 0 Å². The fraction of sp³-hybridized carbons (Fsp3) is 0.519. The van der Waals surface area contributed by atoms with Crippen LogP contribution >= 0.6 is 0 Å². The summed E-state index contributed by atoms with van der Waals surface area (Å²) >= 11 is 0. The number of hydrogen-bond donors (Lipinski definition) is 1. The first-order valence-electron chi connectivity index (χ1n) is 13.0. The lowest BCUT2D eigenvalue weighted by molar-refractivity contribution is -0.109. The van der Waals surface area contributed by atoms with Crippen LogP contribution in [0.2, 0.25) is 0 Å². The van der Waals surface area contributed by atoms with Crippen molar-refractivity contribution < 1.29 is 33.3 Å². The molecule has 40 heavy (non-hydrogen) atoms. The van der Waals surface area contributed by atoms with Crippen LogP contribution in [0.1, 0.15) is 48.9 Å². The third kappa shape index (κ3) is 6.25. The monoisotopic (exact) mass is 554 g/mol. The van der Waals surface area contributed by atoms with Crippen LogP contribution in [0.5, 0.6) is 5.75 Å². The first-order chi connectivity index (χ1) is 19.3. The molecule has 4 rings (SSSR count). The van der Waals surface area contributed by atoms with Gasteiger partial charge in [0, 0.05) is 33.9 Å². The first-order valence-corrected chi connectivity index (χ1v) is 13.0. The summed E-state index contributed by atoms with van der Waals surface area (Å²) < 4.78 is 27.1. The lowest BCUT2D eigenvalue weighted by Gasteiger charge is -2.31. The van der Waals surface area contributed by atoms with Crippen LogP contribution in [0.15, 0.2) is 18.3 Å². The number of nitriles is 1. The van der Waals surface area contributed by atoms with Gasteiger partial charge < -0.3 is 23.7 Å². The van der Waals surface area contributed by atoms with Crippen LogP contribution < -0.4 is 15.0 Å². The zero-order chi connectivity index (χ0) is 28.8. The Morgan fingerprint density at radius 2 is 2.08 bits per heavy atom. The minimum Gasteiger partial charge on any atom is -0.487 e. The molecular weight excluding hydrogens is 520 g/mol. The molecular formula is C27H34N6O7. The van der Waals surface area contributed by atoms with E-state index in [1.165, 1.54) is 31.4 Å². The van der Waals surface area contributed by atoms with Crippen LogP contribution in [0, 0.1) is 11.3 Å². The summed E-state index contributed by atoms with van der Waals surface area (Å²) in [5.41, 5.74) is 2.32. The number of anilines is 2. The number of fused-ring (bicyclic) bond motifs is 1. The third-order valence-corrected chi connectivity index (χ3v) is 6.68. The van der Waals surface area contributed by atoms with Crippen molar-refractivity contribution in [2.75, 3.05) is 51.3 Å². The van der Waals surface area contributed by atoms with E-state index in [9.17, 15) is 14.9 Å². The smallest absolute Gasteiger partial charge is 0.410 e. The predicted molar refractivity (Wildman–Crippen MR) is 143 cm³/mol. The summed E-state index contributed by atoms with van der Waals surface area (Å²) in [6.07, 6.45) is 1.25. The summed E-state index contributed by atoms with van der Waals surface area (Å²) in [5.74, 6) is 0.984. The minimum absolute atomic E-state index is 0.0894. The molecule has 2 aromatic heterocycles. The largest absolute Gasteiger partial charge is 0.487 e. The number of rotatable bonds is 10. The van der Waals surface area contributed by atoms with Crippen LogP contribution in [-0.4, -0.2) is 80.2 Å². The van der Waals surface area contributed by atoms with Gasteiger partial charge in [0.05, 0.1) is 25.4 Å². The molecule has 0 bridgehead atoms. The Hall–Kier alpha value is -3.99. The topological polar surface area (TPSA) is 148 Å². The molecule has 1 saturated heterocycles. The molecule has 2 aliphatic rings. The molecule has 1 fully saturated rings. The number of carbonyl (C=O) groups excluding carboxylic acids is 2. The molecule has 214 valence electrons. The molecule has 0 spiro atoms. The highest BCUT2D eigenvalue weighted by Crippen LogP contribution is 2.33. The Labute approximate surface area is 232 Å². The molecule has 0 aromatic carbocycles. The van der Waals surface area contributed by atoms with E-state index in [2.05, 4.69) is 10.3 Å². The molecule has 0 saturated carbocycles. The van der Waals surface area contributed by atoms with Crippen molar-refractivity contribution in [2.45, 2.75) is 51.7 Å². The number of aromatic nitrogens is 2. The number of hydrogen-bond acceptors (Lipinski definition) is 10. The maximum atomic E-state index is 13.5. The Morgan fingerprint density at radius 3 is 2.73 bits per heavy atom. The molecule has 13 heteroatoms. The summed E-state index contributed by atoms with van der Waals surface area (Å²) in [6, 6.07) is 4.98. The Morgan fingerprint density at radius 1 is 1.30 bits per heavy atom. The van der Waals surface area contributed by atoms with Gasteiger partial charge in [-0.3, -0.25) is 15.1 Å². The van der Waals surface area contributed by atoms with Crippen LogP contribution in [0.25, 0.3) is 0 Å². The lowest BCUT2D eigenvalue weighted by atomic mass is 10.0. The van der Waals surface area contributed by atoms with E-state index in [1.807, 2.05) is 26.0 Å². The van der Waals surface area contributed by atoms with Gasteiger partial charge in [0.25, 0.3) is 0 Å². The zero-order valence-electron chi connectivity index (χ0n) is 23.3. The maximum Gasteiger partial charge on any atom is 0.410 e. The zero-order valence-corrected chi connectivity index (χ0v) is 23.3. The van der Waals surface area contributed by atoms with Gasteiger partial charge >= 0.3 is 12.1 Å². The number of aryl methyl sites for hydroxylation is 1. The van der Waals surface area contributed by atoms with Crippen molar-refractivity contribution in [1.29, 1.82) is 5.26 Å². The van der Waals surface area contributed by atoms with Crippen LogP contribution in [0.4, 0.5) is 21.2 Å². The fourth-order valence-electron chi connectivity index (χ4n) is 4.70. The van der Waals surface area contributed by atoms with E-state index in [-0.39, 0.29) is 30.1 Å². The minimum atomic E-state index is -0.810. The number of nitrogens with zero attached hydrogens (tertiary/aromatic N) is 5. The van der Waals surface area contributed by atoms with Gasteiger partial charge in [-0.25, -0.2) is 19.6 Å². The highest BCUT2D eigenvalue weighted by atomic mass is 16.7. The third-order valence-electron chi connectivity index (χ3n) is 6.68. The van der Waals surface area contributed by atoms with Gasteiger partial charge in [-0.05, 0) is 43.9 Å². The van der Waals surface area contributed by atoms with E-state index in [0.29, 0.717) is 49.9 Å². The Balaban J connectivity index is 1.62. The number of ether oxygens (including phenoxy) is 5. The summed E-state index contributed by atoms with van der Waals surface area (Å²) in [5, 5.41) is 12.2. The number of amides is 3. The average molecular weight is 555 g/mol. The molecule has 3 amide bonds. The van der Waals surface area contributed by atoms with Crippen molar-refractivity contribution >= 4 is 23.8 Å². The second-order valence-corrected chi connectivity index (χ2v) is 9.62. The van der Waals surface area contributed by atoms with E-state index >= 15 is 0 Å². The highest BCUT2D eigenvalue weighted by Gasteiger charge is 2.33. The Bertz CT molecular complexity index is 1280. The van der Waals surface area contributed by atoms with Crippen LogP contribution in [0.3, 0.4) is 0 Å². The first kappa shape index (κ1) is 29.0. The molecule has 4 heterocycles. The van der Waals surface area contributed by atoms with Crippen molar-refractivity contribution in [3.05, 3.63) is 40.7 Å². The fourth-order valence-corrected chi connectivity index (χ4v) is 4.70. The predicted octanol–water partition coefficient (Wildman–Crippen LogP) is 3.38. The molecule has 0 radical (unpaired) electrons. The standard InChI is InChI=1S/C27H34N6O7/c1-16-14-39-27(35)33(16)13-19-9-18-7-6-8-32(24(18)31-23(19)25(37-4)38-5)26(34)30-22-10-21(20(11-28)12-29-22)40-17(2)15-36-3/h9-10,12,16-17,25H,6-8,13-15H2,1-5H3,(H,29,30,34). The summed E-state index contributed by atoms with van der Waals surface area (Å²) in [4.78, 5) is 38.0. The molecule has 1 N–H and O–H groups in total. The van der Waals surface area contributed by atoms with Gasteiger partial charge in [0.1, 0.15) is 47.4 Å². The SMILES string of the molecule is COCC(C)Oc1cc(NC(=O)N2CCCc3cc(CN4C(=O)OCC4C)c(C(OC)OC)nc32)ncc1C#N. The molecule has 0 aliphatic carbocycles. The van der Waals surface area contributed by atoms with Crippen molar-refractivity contribution in [3.63, 3.8) is 0 Å². The molecule has 2 aromatic rings. The Kier molecular flexibility index (Phi) is 9.36. The normalized spacial score (nSPS) is 17.3. The number of nitrogens with one attached hydrogen (secondary N) is 1. The number of urea groups is 1. The van der Waals surface area contributed by atoms with Crippen molar-refractivity contribution in [3.8, 4) is 11.8 Å². The van der Waals surface area contributed by atoms with Gasteiger partial charge in [-0.1, -0.05) is 0 Å². The van der Waals surface area contributed by atoms with Gasteiger partial charge in [0.2, 0.25) is 6.29 Å². The molecule has 2 unspecified atom stereocenters. The van der Waals surface area contributed by atoms with E-state index in [1.54, 1.807) is 12.0 Å². The van der Waals surface area contributed by atoms with E-state index in [0.717, 1.165) is 11.1 Å². The molecule has 13 nitrogen and oxygen atoms in total. The summed E-state index contributed by atoms with van der Waals surface area (Å²) in [6.45, 7) is 5.07. The molecule has 2 atom stereocenters. The number of methoxy groups -OCH3 is 3. The second kappa shape index (κ2) is 12.9. The van der Waals surface area contributed by atoms with E-state index in [4.69, 9.17) is 28.7 Å². The summed E-state index contributed by atoms with van der Waals surface area (Å²) in [7, 11) is 4.56. The van der Waals surface area contributed by atoms with Crippen LogP contribution in [-0.2, 0) is 31.9 Å². The van der Waals surface area contributed by atoms with Gasteiger partial charge in [-0.2, -0.15) is 5.26 Å². The number of cyclic esters (lactones) is 1. The van der Waals surface area contributed by atoms with Crippen molar-refractivity contribution in [2.24, 2.45) is 0 Å². The van der Waals surface area contributed by atoms with E-state index < -0.39 is 18.4 Å². The highest BCUT2D eigenvalue weighted by molar-refractivity contribution is 6.01. The van der Waals surface area contributed by atoms with Crippen molar-refractivity contribution in [1.82, 2.24) is 14.9 Å². The maximum absolute atomic E-state index is 13.5. The number of carbonyl (C=O) groups is 2. The molecule has 2 aliphatic heterocycles. The lowest BCUT2D eigenvalue weighted by Crippen LogP contribution is -2.40.